The molecule has 2 aromatic rings. The Labute approximate surface area is 111 Å². The Bertz CT molecular complexity index is 584. The molecule has 2 rings (SSSR count). The molecule has 1 heterocycles. The van der Waals surface area contributed by atoms with Gasteiger partial charge < -0.3 is 15.4 Å². The van der Waals surface area contributed by atoms with Crippen LogP contribution in [0.3, 0.4) is 0 Å². The van der Waals surface area contributed by atoms with Crippen LogP contribution in [0.2, 0.25) is 0 Å². The molecular weight excluding hydrogens is 242 g/mol. The minimum atomic E-state index is -0.477. The van der Waals surface area contributed by atoms with Crippen LogP contribution in [-0.4, -0.2) is 16.5 Å². The number of hydrogen-bond acceptors (Lipinski definition) is 4. The zero-order chi connectivity index (χ0) is 13.7. The summed E-state index contributed by atoms with van der Waals surface area (Å²) < 4.78 is 0. The normalized spacial score (nSPS) is 10.2. The van der Waals surface area contributed by atoms with Crippen molar-refractivity contribution >= 4 is 11.5 Å². The lowest BCUT2D eigenvalue weighted by Gasteiger charge is -2.06. The van der Waals surface area contributed by atoms with E-state index in [0.717, 1.165) is 6.42 Å². The summed E-state index contributed by atoms with van der Waals surface area (Å²) in [5.41, 5.74) is 2.88. The minimum Gasteiger partial charge on any atom is -0.378 e. The Kier molecular flexibility index (Phi) is 4.07. The second-order valence-electron chi connectivity index (χ2n) is 4.30. The molecule has 0 aliphatic carbocycles. The standard InChI is InChI=1S/C14H15N3O2/c1-11-4-2-5-12(10-11)7-9-15-13-6-3-8-16-14(13)17(18)19/h2-6,8,10,15H,7,9H2,1H3. The Balaban J connectivity index is 1.98. The average molecular weight is 257 g/mol. The van der Waals surface area contributed by atoms with Gasteiger partial charge in [0, 0.05) is 6.54 Å². The van der Waals surface area contributed by atoms with Crippen LogP contribution in [0.25, 0.3) is 0 Å². The first kappa shape index (κ1) is 13.0. The topological polar surface area (TPSA) is 68.1 Å². The molecule has 0 aliphatic heterocycles. The van der Waals surface area contributed by atoms with E-state index in [4.69, 9.17) is 0 Å². The molecule has 5 heteroatoms. The molecule has 0 saturated heterocycles. The number of pyridine rings is 1. The smallest absolute Gasteiger partial charge is 0.378 e. The first-order chi connectivity index (χ1) is 9.16. The molecule has 5 nitrogen and oxygen atoms in total. The highest BCUT2D eigenvalue weighted by Gasteiger charge is 2.12. The zero-order valence-electron chi connectivity index (χ0n) is 10.7. The highest BCUT2D eigenvalue weighted by molar-refractivity contribution is 5.56. The van der Waals surface area contributed by atoms with Crippen molar-refractivity contribution in [2.24, 2.45) is 0 Å². The van der Waals surface area contributed by atoms with Crippen LogP contribution in [0.15, 0.2) is 42.6 Å². The fourth-order valence-corrected chi connectivity index (χ4v) is 1.89. The summed E-state index contributed by atoms with van der Waals surface area (Å²) in [6.07, 6.45) is 2.23. The largest absolute Gasteiger partial charge is 0.386 e. The number of aromatic nitrogens is 1. The van der Waals surface area contributed by atoms with Gasteiger partial charge in [0.15, 0.2) is 0 Å². The maximum absolute atomic E-state index is 10.8. The Morgan fingerprint density at radius 3 is 2.89 bits per heavy atom. The molecule has 1 N–H and O–H groups in total. The molecule has 0 fully saturated rings. The van der Waals surface area contributed by atoms with Crippen molar-refractivity contribution in [1.82, 2.24) is 4.98 Å². The molecule has 19 heavy (non-hydrogen) atoms. The van der Waals surface area contributed by atoms with Crippen LogP contribution in [0, 0.1) is 17.0 Å². The molecule has 0 saturated carbocycles. The van der Waals surface area contributed by atoms with Crippen LogP contribution < -0.4 is 5.32 Å². The average Bonchev–Trinajstić information content (AvgIpc) is 2.39. The third kappa shape index (κ3) is 3.51. The van der Waals surface area contributed by atoms with E-state index in [-0.39, 0.29) is 5.82 Å². The second-order valence-corrected chi connectivity index (χ2v) is 4.30. The summed E-state index contributed by atoms with van der Waals surface area (Å²) in [6, 6.07) is 11.6. The van der Waals surface area contributed by atoms with Crippen LogP contribution in [-0.2, 0) is 6.42 Å². The van der Waals surface area contributed by atoms with E-state index in [0.29, 0.717) is 12.2 Å². The maximum Gasteiger partial charge on any atom is 0.386 e. The van der Waals surface area contributed by atoms with Crippen molar-refractivity contribution in [3.05, 3.63) is 63.8 Å². The molecule has 0 aliphatic rings. The van der Waals surface area contributed by atoms with Gasteiger partial charge in [-0.2, -0.15) is 0 Å². The van der Waals surface area contributed by atoms with Gasteiger partial charge in [-0.1, -0.05) is 29.8 Å². The lowest BCUT2D eigenvalue weighted by Crippen LogP contribution is -2.07. The summed E-state index contributed by atoms with van der Waals surface area (Å²) >= 11 is 0. The van der Waals surface area contributed by atoms with Gasteiger partial charge in [0.05, 0.1) is 0 Å². The monoisotopic (exact) mass is 257 g/mol. The number of rotatable bonds is 5. The lowest BCUT2D eigenvalue weighted by molar-refractivity contribution is -0.388. The molecular formula is C14H15N3O2. The lowest BCUT2D eigenvalue weighted by atomic mass is 10.1. The van der Waals surface area contributed by atoms with Gasteiger partial charge in [0.2, 0.25) is 0 Å². The number of benzene rings is 1. The first-order valence-corrected chi connectivity index (χ1v) is 6.05. The number of aryl methyl sites for hydroxylation is 1. The van der Waals surface area contributed by atoms with E-state index in [1.165, 1.54) is 17.3 Å². The molecule has 0 bridgehead atoms. The number of hydrogen-bond donors (Lipinski definition) is 1. The molecule has 98 valence electrons. The fourth-order valence-electron chi connectivity index (χ4n) is 1.89. The molecule has 1 aromatic carbocycles. The quantitative estimate of drug-likeness (QED) is 0.660. The summed E-state index contributed by atoms with van der Waals surface area (Å²) in [4.78, 5) is 14.1. The van der Waals surface area contributed by atoms with Gasteiger partial charge in [-0.25, -0.2) is 0 Å². The van der Waals surface area contributed by atoms with Crippen LogP contribution >= 0.6 is 0 Å². The van der Waals surface area contributed by atoms with Crippen LogP contribution in [0.1, 0.15) is 11.1 Å². The van der Waals surface area contributed by atoms with E-state index < -0.39 is 4.92 Å². The van der Waals surface area contributed by atoms with E-state index in [1.54, 1.807) is 12.1 Å². The van der Waals surface area contributed by atoms with Crippen LogP contribution in [0.4, 0.5) is 11.5 Å². The van der Waals surface area contributed by atoms with Gasteiger partial charge in [-0.15, -0.1) is 0 Å². The molecule has 0 spiro atoms. The highest BCUT2D eigenvalue weighted by Crippen LogP contribution is 2.19. The Morgan fingerprint density at radius 1 is 1.32 bits per heavy atom. The number of anilines is 1. The summed E-state index contributed by atoms with van der Waals surface area (Å²) in [7, 11) is 0. The molecule has 0 atom stereocenters. The van der Waals surface area contributed by atoms with Gasteiger partial charge in [0.1, 0.15) is 11.9 Å². The van der Waals surface area contributed by atoms with Gasteiger partial charge in [-0.3, -0.25) is 0 Å². The molecule has 1 aromatic heterocycles. The molecule has 0 radical (unpaired) electrons. The fraction of sp³-hybridized carbons (Fsp3) is 0.214. The summed E-state index contributed by atoms with van der Waals surface area (Å²) in [6.45, 7) is 2.68. The van der Waals surface area contributed by atoms with Gasteiger partial charge in [0.25, 0.3) is 0 Å². The van der Waals surface area contributed by atoms with Crippen LogP contribution in [0.5, 0.6) is 0 Å². The van der Waals surface area contributed by atoms with Crippen molar-refractivity contribution in [1.29, 1.82) is 0 Å². The Morgan fingerprint density at radius 2 is 2.16 bits per heavy atom. The van der Waals surface area contributed by atoms with Crippen molar-refractivity contribution in [2.75, 3.05) is 11.9 Å². The summed E-state index contributed by atoms with van der Waals surface area (Å²) in [5.74, 6) is -0.133. The highest BCUT2D eigenvalue weighted by atomic mass is 16.6. The van der Waals surface area contributed by atoms with E-state index in [9.17, 15) is 10.1 Å². The predicted molar refractivity (Wildman–Crippen MR) is 74.3 cm³/mol. The number of nitro groups is 1. The second kappa shape index (κ2) is 5.95. The van der Waals surface area contributed by atoms with Crippen molar-refractivity contribution in [3.63, 3.8) is 0 Å². The minimum absolute atomic E-state index is 0.133. The number of nitrogens with zero attached hydrogens (tertiary/aromatic N) is 2. The maximum atomic E-state index is 10.8. The van der Waals surface area contributed by atoms with Gasteiger partial charge in [-0.05, 0) is 40.9 Å². The first-order valence-electron chi connectivity index (χ1n) is 6.05. The third-order valence-electron chi connectivity index (χ3n) is 2.77. The van der Waals surface area contributed by atoms with E-state index >= 15 is 0 Å². The van der Waals surface area contributed by atoms with Gasteiger partial charge >= 0.3 is 5.82 Å². The predicted octanol–water partition coefficient (Wildman–Crippen LogP) is 2.95. The molecule has 0 amide bonds. The summed E-state index contributed by atoms with van der Waals surface area (Å²) in [5, 5.41) is 13.9. The van der Waals surface area contributed by atoms with Crippen molar-refractivity contribution in [3.8, 4) is 0 Å². The third-order valence-corrected chi connectivity index (χ3v) is 2.77. The Hall–Kier alpha value is -2.43. The zero-order valence-corrected chi connectivity index (χ0v) is 10.7. The van der Waals surface area contributed by atoms with Crippen molar-refractivity contribution in [2.45, 2.75) is 13.3 Å². The van der Waals surface area contributed by atoms with E-state index in [1.807, 2.05) is 25.1 Å². The van der Waals surface area contributed by atoms with Crippen molar-refractivity contribution < 1.29 is 4.92 Å². The molecule has 0 unspecified atom stereocenters. The van der Waals surface area contributed by atoms with E-state index in [2.05, 4.69) is 16.4 Å². The number of nitrogens with one attached hydrogen (secondary N) is 1. The SMILES string of the molecule is Cc1cccc(CCNc2cccnc2[N+](=O)[O-])c1.